The van der Waals surface area contributed by atoms with Gasteiger partial charge in [0, 0.05) is 0 Å². The van der Waals surface area contributed by atoms with Crippen molar-refractivity contribution in [3.63, 3.8) is 0 Å². The van der Waals surface area contributed by atoms with Gasteiger partial charge < -0.3 is 13.9 Å². The fraction of sp³-hybridized carbons (Fsp3) is 0.667. The second-order valence-corrected chi connectivity index (χ2v) is 9.49. The lowest BCUT2D eigenvalue weighted by molar-refractivity contribution is -0.149. The molecule has 0 heterocycles. The summed E-state index contributed by atoms with van der Waals surface area (Å²) in [6.07, 6.45) is 1.79. The number of isocyanates is 2. The molecule has 0 unspecified atom stereocenters. The van der Waals surface area contributed by atoms with Crippen molar-refractivity contribution in [2.45, 2.75) is 25.7 Å². The molecule has 0 saturated carbocycles. The van der Waals surface area contributed by atoms with Gasteiger partial charge in [-0.1, -0.05) is 0 Å². The summed E-state index contributed by atoms with van der Waals surface area (Å²) >= 11 is 0. The van der Waals surface area contributed by atoms with E-state index in [0.717, 1.165) is 0 Å². The molecular weight excluding hydrogens is 312 g/mol. The topological polar surface area (TPSA) is 121 Å². The summed E-state index contributed by atoms with van der Waals surface area (Å²) < 4.78 is 15.5. The third-order valence-corrected chi connectivity index (χ3v) is 2.97. The molecule has 0 aromatic heterocycles. The van der Waals surface area contributed by atoms with E-state index in [4.69, 9.17) is 13.9 Å². The van der Waals surface area contributed by atoms with Gasteiger partial charge in [0.25, 0.3) is 0 Å². The molecule has 0 amide bonds. The molecule has 0 aliphatic rings. The Balaban J connectivity index is 4.43. The maximum atomic E-state index is 11.2. The standard InChI is InChI=1S/C12H18N2O7Si/c1-22(2,3)21-10(6-19-11(17)4-13-8-15)7-20-12(18)5-14-9-16/h10H,4-7H2,1-3H3. The smallest absolute Gasteiger partial charge is 0.328 e. The molecule has 22 heavy (non-hydrogen) atoms. The number of hydrogen-bond acceptors (Lipinski definition) is 9. The highest BCUT2D eigenvalue weighted by Crippen LogP contribution is 2.09. The molecule has 0 atom stereocenters. The molecule has 0 saturated heterocycles. The first-order valence-corrected chi connectivity index (χ1v) is 9.75. The zero-order chi connectivity index (χ0) is 17.0. The first kappa shape index (κ1) is 19.9. The van der Waals surface area contributed by atoms with E-state index in [1.165, 1.54) is 12.2 Å². The third kappa shape index (κ3) is 11.7. The lowest BCUT2D eigenvalue weighted by Gasteiger charge is -2.25. The summed E-state index contributed by atoms with van der Waals surface area (Å²) in [4.78, 5) is 48.4. The number of ether oxygens (including phenoxy) is 2. The van der Waals surface area contributed by atoms with Gasteiger partial charge in [0.2, 0.25) is 12.2 Å². The molecule has 0 aliphatic carbocycles. The Kier molecular flexibility index (Phi) is 9.56. The molecular formula is C12H18N2O7Si. The fourth-order valence-corrected chi connectivity index (χ4v) is 2.41. The van der Waals surface area contributed by atoms with Gasteiger partial charge in [0.05, 0.1) is 0 Å². The zero-order valence-corrected chi connectivity index (χ0v) is 13.7. The Morgan fingerprint density at radius 2 is 1.36 bits per heavy atom. The molecule has 0 radical (unpaired) electrons. The van der Waals surface area contributed by atoms with E-state index in [1.54, 1.807) is 0 Å². The molecule has 0 aromatic carbocycles. The van der Waals surface area contributed by atoms with E-state index in [2.05, 4.69) is 9.98 Å². The second-order valence-electron chi connectivity index (χ2n) is 5.03. The van der Waals surface area contributed by atoms with Crippen LogP contribution in [0.3, 0.4) is 0 Å². The molecule has 9 nitrogen and oxygen atoms in total. The molecule has 0 spiro atoms. The van der Waals surface area contributed by atoms with Gasteiger partial charge in [-0.15, -0.1) is 0 Å². The van der Waals surface area contributed by atoms with Crippen LogP contribution >= 0.6 is 0 Å². The molecule has 0 N–H and O–H groups in total. The molecule has 10 heteroatoms. The van der Waals surface area contributed by atoms with Gasteiger partial charge in [-0.05, 0) is 19.6 Å². The number of nitrogens with zero attached hydrogens (tertiary/aromatic N) is 2. The Morgan fingerprint density at radius 3 is 1.68 bits per heavy atom. The number of carbonyl (C=O) groups excluding carboxylic acids is 4. The van der Waals surface area contributed by atoms with Crippen LogP contribution in [0.25, 0.3) is 0 Å². The van der Waals surface area contributed by atoms with Gasteiger partial charge in [-0.25, -0.2) is 9.59 Å². The second kappa shape index (κ2) is 10.6. The lowest BCUT2D eigenvalue weighted by Crippen LogP contribution is -2.38. The fourth-order valence-electron chi connectivity index (χ4n) is 1.27. The van der Waals surface area contributed by atoms with E-state index < -0.39 is 39.4 Å². The van der Waals surface area contributed by atoms with Crippen molar-refractivity contribution in [3.05, 3.63) is 0 Å². The van der Waals surface area contributed by atoms with Gasteiger partial charge >= 0.3 is 11.9 Å². The lowest BCUT2D eigenvalue weighted by atomic mass is 10.4. The number of rotatable bonds is 10. The van der Waals surface area contributed by atoms with Gasteiger partial charge in [0.15, 0.2) is 8.32 Å². The molecule has 0 bridgehead atoms. The van der Waals surface area contributed by atoms with Crippen molar-refractivity contribution < 1.29 is 33.1 Å². The van der Waals surface area contributed by atoms with Crippen molar-refractivity contribution in [1.82, 2.24) is 0 Å². The van der Waals surface area contributed by atoms with Crippen LogP contribution in [0.2, 0.25) is 19.6 Å². The predicted molar refractivity (Wildman–Crippen MR) is 76.1 cm³/mol. The minimum absolute atomic E-state index is 0.151. The minimum Gasteiger partial charge on any atom is -0.461 e. The van der Waals surface area contributed by atoms with Crippen molar-refractivity contribution in [1.29, 1.82) is 0 Å². The van der Waals surface area contributed by atoms with Crippen LogP contribution in [0.15, 0.2) is 9.98 Å². The number of aliphatic imine (C=N–C) groups is 2. The highest BCUT2D eigenvalue weighted by Gasteiger charge is 2.23. The first-order chi connectivity index (χ1) is 10.3. The average molecular weight is 330 g/mol. The first-order valence-electron chi connectivity index (χ1n) is 6.35. The molecule has 0 aromatic rings. The van der Waals surface area contributed by atoms with Gasteiger partial charge in [0.1, 0.15) is 32.4 Å². The number of carbonyl (C=O) groups is 2. The van der Waals surface area contributed by atoms with Crippen molar-refractivity contribution in [3.8, 4) is 0 Å². The highest BCUT2D eigenvalue weighted by atomic mass is 28.4. The van der Waals surface area contributed by atoms with Crippen molar-refractivity contribution in [2.75, 3.05) is 26.3 Å². The normalized spacial score (nSPS) is 11.6. The molecule has 0 aliphatic heterocycles. The summed E-state index contributed by atoms with van der Waals surface area (Å²) in [6, 6.07) is 0. The van der Waals surface area contributed by atoms with Crippen LogP contribution < -0.4 is 0 Å². The Hall–Kier alpha value is -2.12. The molecule has 0 rings (SSSR count). The largest absolute Gasteiger partial charge is 0.461 e. The van der Waals surface area contributed by atoms with Crippen LogP contribution in [-0.2, 0) is 33.1 Å². The van der Waals surface area contributed by atoms with Gasteiger partial charge in [-0.3, -0.25) is 9.59 Å². The summed E-state index contributed by atoms with van der Waals surface area (Å²) in [5.41, 5.74) is 0. The summed E-state index contributed by atoms with van der Waals surface area (Å²) in [5, 5.41) is 0. The number of esters is 2. The van der Waals surface area contributed by atoms with Crippen LogP contribution in [0, 0.1) is 0 Å². The van der Waals surface area contributed by atoms with Gasteiger partial charge in [-0.2, -0.15) is 9.98 Å². The predicted octanol–water partition coefficient (Wildman–Crippen LogP) is -0.0355. The van der Waals surface area contributed by atoms with E-state index in [0.29, 0.717) is 0 Å². The van der Waals surface area contributed by atoms with E-state index in [-0.39, 0.29) is 13.2 Å². The maximum absolute atomic E-state index is 11.2. The van der Waals surface area contributed by atoms with Crippen molar-refractivity contribution >= 4 is 32.4 Å². The average Bonchev–Trinajstić information content (AvgIpc) is 2.44. The van der Waals surface area contributed by atoms with Crippen LogP contribution in [0.5, 0.6) is 0 Å². The highest BCUT2D eigenvalue weighted by molar-refractivity contribution is 6.69. The summed E-state index contributed by atoms with van der Waals surface area (Å²) in [5.74, 6) is -1.44. The van der Waals surface area contributed by atoms with Crippen molar-refractivity contribution in [2.24, 2.45) is 9.98 Å². The molecule has 0 fully saturated rings. The van der Waals surface area contributed by atoms with Crippen LogP contribution in [-0.4, -0.2) is 64.8 Å². The Bertz CT molecular complexity index is 440. The quantitative estimate of drug-likeness (QED) is 0.238. The van der Waals surface area contributed by atoms with Crippen LogP contribution in [0.4, 0.5) is 0 Å². The Labute approximate surface area is 128 Å². The minimum atomic E-state index is -1.97. The third-order valence-electron chi connectivity index (χ3n) is 1.93. The number of hydrogen-bond donors (Lipinski definition) is 0. The van der Waals surface area contributed by atoms with E-state index in [1.807, 2.05) is 19.6 Å². The maximum Gasteiger partial charge on any atom is 0.328 e. The van der Waals surface area contributed by atoms with E-state index >= 15 is 0 Å². The Morgan fingerprint density at radius 1 is 0.955 bits per heavy atom. The monoisotopic (exact) mass is 330 g/mol. The summed E-state index contributed by atoms with van der Waals surface area (Å²) in [7, 11) is -1.97. The SMILES string of the molecule is C[Si](C)(C)OC(COC(=O)CN=C=O)COC(=O)CN=C=O. The summed E-state index contributed by atoms with van der Waals surface area (Å²) in [6.45, 7) is 4.57. The van der Waals surface area contributed by atoms with E-state index in [9.17, 15) is 19.2 Å². The van der Waals surface area contributed by atoms with Crippen LogP contribution in [0.1, 0.15) is 0 Å². The molecule has 122 valence electrons. The zero-order valence-electron chi connectivity index (χ0n) is 12.7.